The number of amides is 1. The molecule has 33 heavy (non-hydrogen) atoms. The minimum Gasteiger partial charge on any atom is -0.491 e. The smallest absolute Gasteiger partial charge is 0.267 e. The van der Waals surface area contributed by atoms with Gasteiger partial charge in [-0.05, 0) is 56.3 Å². The molecule has 0 saturated heterocycles. The van der Waals surface area contributed by atoms with Crippen molar-refractivity contribution in [3.05, 3.63) is 77.8 Å². The van der Waals surface area contributed by atoms with E-state index in [4.69, 9.17) is 21.1 Å². The third-order valence-electron chi connectivity index (χ3n) is 4.89. The number of sulfonamides is 1. The van der Waals surface area contributed by atoms with Crippen molar-refractivity contribution < 1.29 is 22.7 Å². The van der Waals surface area contributed by atoms with Gasteiger partial charge in [-0.15, -0.1) is 0 Å². The topological polar surface area (TPSA) is 84.9 Å². The van der Waals surface area contributed by atoms with Crippen molar-refractivity contribution in [1.82, 2.24) is 0 Å². The molecule has 4 rings (SSSR count). The van der Waals surface area contributed by atoms with Crippen LogP contribution in [0.3, 0.4) is 0 Å². The first-order chi connectivity index (χ1) is 15.7. The second-order valence-corrected chi connectivity index (χ2v) is 10.1. The fraction of sp³-hybridized carbons (Fsp3) is 0.208. The van der Waals surface area contributed by atoms with Crippen molar-refractivity contribution in [2.45, 2.75) is 31.0 Å². The summed E-state index contributed by atoms with van der Waals surface area (Å²) < 4.78 is 39.5. The molecule has 0 bridgehead atoms. The number of nitrogens with one attached hydrogen (secondary N) is 1. The quantitative estimate of drug-likeness (QED) is 0.544. The van der Waals surface area contributed by atoms with Crippen LogP contribution < -0.4 is 19.1 Å². The largest absolute Gasteiger partial charge is 0.491 e. The summed E-state index contributed by atoms with van der Waals surface area (Å²) in [4.78, 5) is 13.2. The first-order valence-corrected chi connectivity index (χ1v) is 12.2. The zero-order chi connectivity index (χ0) is 23.6. The van der Waals surface area contributed by atoms with Gasteiger partial charge in [0.15, 0.2) is 6.10 Å². The molecule has 9 heteroatoms. The Morgan fingerprint density at radius 2 is 1.85 bits per heavy atom. The van der Waals surface area contributed by atoms with Gasteiger partial charge >= 0.3 is 0 Å². The first-order valence-electron chi connectivity index (χ1n) is 10.4. The lowest BCUT2D eigenvalue weighted by Crippen LogP contribution is -2.48. The van der Waals surface area contributed by atoms with Crippen LogP contribution in [0.4, 0.5) is 11.4 Å². The van der Waals surface area contributed by atoms with Crippen LogP contribution in [0.5, 0.6) is 11.5 Å². The van der Waals surface area contributed by atoms with Crippen molar-refractivity contribution in [2.24, 2.45) is 0 Å². The van der Waals surface area contributed by atoms with Gasteiger partial charge < -0.3 is 14.8 Å². The second-order valence-electron chi connectivity index (χ2n) is 7.75. The summed E-state index contributed by atoms with van der Waals surface area (Å²) in [7, 11) is -3.96. The fourth-order valence-corrected chi connectivity index (χ4v) is 5.11. The highest BCUT2D eigenvalue weighted by molar-refractivity contribution is 7.92. The average Bonchev–Trinajstić information content (AvgIpc) is 2.78. The molecule has 0 radical (unpaired) electrons. The van der Waals surface area contributed by atoms with Gasteiger partial charge in [-0.25, -0.2) is 8.42 Å². The number of carbonyl (C=O) groups excluding carboxylic acids is 1. The molecule has 3 aromatic carbocycles. The summed E-state index contributed by atoms with van der Waals surface area (Å²) in [5, 5.41) is 3.14. The number of hydrogen-bond acceptors (Lipinski definition) is 5. The van der Waals surface area contributed by atoms with E-state index in [2.05, 4.69) is 5.32 Å². The SMILES string of the molecule is CC(C)Oc1cccc(NC(=O)C2CN(S(=O)(=O)c3ccccc3)c3cc(Cl)ccc3O2)c1. The van der Waals surface area contributed by atoms with Gasteiger partial charge in [0.1, 0.15) is 11.5 Å². The number of fused-ring (bicyclic) bond motifs is 1. The van der Waals surface area contributed by atoms with Crippen molar-refractivity contribution >= 4 is 38.9 Å². The summed E-state index contributed by atoms with van der Waals surface area (Å²) in [6.45, 7) is 3.61. The number of halogens is 1. The Morgan fingerprint density at radius 3 is 2.58 bits per heavy atom. The minimum absolute atomic E-state index is 0.0160. The van der Waals surface area contributed by atoms with Crippen LogP contribution in [0, 0.1) is 0 Å². The highest BCUT2D eigenvalue weighted by atomic mass is 35.5. The lowest BCUT2D eigenvalue weighted by atomic mass is 10.2. The maximum absolute atomic E-state index is 13.4. The van der Waals surface area contributed by atoms with Gasteiger partial charge in [-0.3, -0.25) is 9.10 Å². The van der Waals surface area contributed by atoms with E-state index < -0.39 is 22.0 Å². The maximum Gasteiger partial charge on any atom is 0.267 e. The van der Waals surface area contributed by atoms with Gasteiger partial charge in [0.25, 0.3) is 15.9 Å². The van der Waals surface area contributed by atoms with E-state index in [-0.39, 0.29) is 29.0 Å². The van der Waals surface area contributed by atoms with Crippen molar-refractivity contribution in [3.8, 4) is 11.5 Å². The third-order valence-corrected chi connectivity index (χ3v) is 6.92. The molecule has 0 saturated carbocycles. The van der Waals surface area contributed by atoms with E-state index in [1.165, 1.54) is 18.2 Å². The zero-order valence-electron chi connectivity index (χ0n) is 18.1. The van der Waals surface area contributed by atoms with Crippen molar-refractivity contribution in [2.75, 3.05) is 16.2 Å². The number of carbonyl (C=O) groups is 1. The molecule has 172 valence electrons. The van der Waals surface area contributed by atoms with E-state index in [9.17, 15) is 13.2 Å². The molecule has 0 fully saturated rings. The molecule has 0 aliphatic carbocycles. The van der Waals surface area contributed by atoms with Crippen LogP contribution in [-0.2, 0) is 14.8 Å². The van der Waals surface area contributed by atoms with Crippen LogP contribution in [0.15, 0.2) is 77.7 Å². The van der Waals surface area contributed by atoms with E-state index in [0.717, 1.165) is 4.31 Å². The summed E-state index contributed by atoms with van der Waals surface area (Å²) >= 11 is 6.13. The van der Waals surface area contributed by atoms with Gasteiger partial charge in [-0.2, -0.15) is 0 Å². The first kappa shape index (κ1) is 22.9. The molecule has 0 spiro atoms. The lowest BCUT2D eigenvalue weighted by Gasteiger charge is -2.34. The number of hydrogen-bond donors (Lipinski definition) is 1. The zero-order valence-corrected chi connectivity index (χ0v) is 19.6. The lowest BCUT2D eigenvalue weighted by molar-refractivity contribution is -0.122. The predicted molar refractivity (Wildman–Crippen MR) is 128 cm³/mol. The van der Waals surface area contributed by atoms with Crippen molar-refractivity contribution in [3.63, 3.8) is 0 Å². The molecule has 1 amide bonds. The Labute approximate surface area is 197 Å². The van der Waals surface area contributed by atoms with E-state index >= 15 is 0 Å². The van der Waals surface area contributed by atoms with Crippen LogP contribution in [-0.4, -0.2) is 33.1 Å². The standard InChI is InChI=1S/C24H23ClN2O5S/c1-16(2)31-19-8-6-7-18(14-19)26-24(28)23-15-27(21-13-17(25)11-12-22(21)32-23)33(29,30)20-9-4-3-5-10-20/h3-14,16,23H,15H2,1-2H3,(H,26,28). The summed E-state index contributed by atoms with van der Waals surface area (Å²) in [5.74, 6) is 0.383. The molecular weight excluding hydrogens is 464 g/mol. The Kier molecular flexibility index (Phi) is 6.49. The van der Waals surface area contributed by atoms with Crippen LogP contribution in [0.1, 0.15) is 13.8 Å². The molecule has 1 aliphatic heterocycles. The van der Waals surface area contributed by atoms with E-state index in [1.54, 1.807) is 54.6 Å². The summed E-state index contributed by atoms with van der Waals surface area (Å²) in [6, 6.07) is 19.7. The number of nitrogens with zero attached hydrogens (tertiary/aromatic N) is 1. The van der Waals surface area contributed by atoms with Gasteiger partial charge in [0.2, 0.25) is 0 Å². The third kappa shape index (κ3) is 5.07. The molecule has 1 heterocycles. The van der Waals surface area contributed by atoms with Gasteiger partial charge in [-0.1, -0.05) is 35.9 Å². The molecule has 3 aromatic rings. The number of rotatable bonds is 6. The highest BCUT2D eigenvalue weighted by Crippen LogP contribution is 2.39. The maximum atomic E-state index is 13.4. The molecule has 7 nitrogen and oxygen atoms in total. The molecule has 1 N–H and O–H groups in total. The Balaban J connectivity index is 1.63. The van der Waals surface area contributed by atoms with E-state index in [0.29, 0.717) is 16.5 Å². The molecule has 0 aromatic heterocycles. The van der Waals surface area contributed by atoms with Crippen LogP contribution in [0.2, 0.25) is 5.02 Å². The number of benzene rings is 3. The Bertz CT molecular complexity index is 1260. The predicted octanol–water partition coefficient (Wildman–Crippen LogP) is 4.72. The summed E-state index contributed by atoms with van der Waals surface area (Å²) in [6.07, 6.45) is -1.09. The fourth-order valence-electron chi connectivity index (χ4n) is 3.45. The average molecular weight is 487 g/mol. The highest BCUT2D eigenvalue weighted by Gasteiger charge is 2.37. The molecule has 1 unspecified atom stereocenters. The van der Waals surface area contributed by atoms with Gasteiger partial charge in [0.05, 0.1) is 23.2 Å². The molecular formula is C24H23ClN2O5S. The molecule has 1 atom stereocenters. The Hall–Kier alpha value is -3.23. The monoisotopic (exact) mass is 486 g/mol. The number of ether oxygens (including phenoxy) is 2. The van der Waals surface area contributed by atoms with E-state index in [1.807, 2.05) is 13.8 Å². The second kappa shape index (κ2) is 9.33. The molecule has 1 aliphatic rings. The van der Waals surface area contributed by atoms with Gasteiger partial charge in [0, 0.05) is 16.8 Å². The number of anilines is 2. The summed E-state index contributed by atoms with van der Waals surface area (Å²) in [5.41, 5.74) is 0.795. The minimum atomic E-state index is -3.96. The van der Waals surface area contributed by atoms with Crippen LogP contribution >= 0.6 is 11.6 Å². The van der Waals surface area contributed by atoms with Crippen LogP contribution in [0.25, 0.3) is 0 Å². The Morgan fingerprint density at radius 1 is 1.09 bits per heavy atom. The van der Waals surface area contributed by atoms with Crippen molar-refractivity contribution in [1.29, 1.82) is 0 Å². The normalized spacial score (nSPS) is 15.5.